The molecule has 41 heavy (non-hydrogen) atoms. The highest BCUT2D eigenvalue weighted by molar-refractivity contribution is 7.21. The van der Waals surface area contributed by atoms with Crippen molar-refractivity contribution in [2.24, 2.45) is 12.8 Å². The normalized spacial score (nSPS) is 12.3. The Hall–Kier alpha value is -4.98. The highest BCUT2D eigenvalue weighted by Crippen LogP contribution is 2.43. The average molecular weight is 582 g/mol. The molecular formula is C27H21F2N5O6S. The number of fused-ring (bicyclic) bond motifs is 2. The Kier molecular flexibility index (Phi) is 6.53. The van der Waals surface area contributed by atoms with Crippen molar-refractivity contribution < 1.29 is 37.0 Å². The molecule has 0 atom stereocenters. The van der Waals surface area contributed by atoms with Crippen LogP contribution in [0.5, 0.6) is 17.2 Å². The number of aryl methyl sites for hydroxylation is 2. The first-order chi connectivity index (χ1) is 19.7. The van der Waals surface area contributed by atoms with Gasteiger partial charge in [-0.1, -0.05) is 0 Å². The number of rotatable bonds is 8. The van der Waals surface area contributed by atoms with E-state index in [0.29, 0.717) is 39.8 Å². The fourth-order valence-electron chi connectivity index (χ4n) is 4.47. The molecule has 5 aromatic rings. The Morgan fingerprint density at radius 1 is 1.17 bits per heavy atom. The van der Waals surface area contributed by atoms with Crippen molar-refractivity contribution in [1.82, 2.24) is 14.8 Å². The maximum absolute atomic E-state index is 13.8. The number of anilines is 1. The molecule has 4 aromatic heterocycles. The number of ether oxygens (including phenoxy) is 3. The minimum absolute atomic E-state index is 0.0194. The zero-order chi connectivity index (χ0) is 28.8. The van der Waals surface area contributed by atoms with Crippen LogP contribution in [0.25, 0.3) is 21.3 Å². The molecule has 6 rings (SSSR count). The Morgan fingerprint density at radius 3 is 2.71 bits per heavy atom. The van der Waals surface area contributed by atoms with Crippen molar-refractivity contribution in [3.63, 3.8) is 0 Å². The Balaban J connectivity index is 1.31. The molecule has 210 valence electrons. The molecule has 0 fully saturated rings. The van der Waals surface area contributed by atoms with E-state index in [1.54, 1.807) is 44.4 Å². The van der Waals surface area contributed by atoms with Crippen LogP contribution in [0, 0.1) is 6.92 Å². The third kappa shape index (κ3) is 4.93. The van der Waals surface area contributed by atoms with E-state index in [4.69, 9.17) is 24.4 Å². The summed E-state index contributed by atoms with van der Waals surface area (Å²) in [5.41, 5.74) is 6.60. The van der Waals surface area contributed by atoms with Crippen LogP contribution in [-0.2, 0) is 13.7 Å². The van der Waals surface area contributed by atoms with Crippen molar-refractivity contribution in [3.8, 4) is 28.4 Å². The molecule has 11 nitrogen and oxygen atoms in total. The minimum atomic E-state index is -2.87. The lowest BCUT2D eigenvalue weighted by atomic mass is 10.0. The van der Waals surface area contributed by atoms with Crippen molar-refractivity contribution in [3.05, 3.63) is 70.4 Å². The number of carbonyl (C=O) groups excluding carboxylic acids is 2. The number of hydrogen-bond donors (Lipinski definition) is 2. The molecule has 0 saturated heterocycles. The van der Waals surface area contributed by atoms with Crippen LogP contribution < -0.4 is 25.3 Å². The number of furan rings is 1. The molecule has 1 aliphatic heterocycles. The van der Waals surface area contributed by atoms with Crippen LogP contribution in [0.15, 0.2) is 47.0 Å². The number of nitrogens with two attached hydrogens (primary N) is 1. The van der Waals surface area contributed by atoms with Crippen LogP contribution in [-0.4, -0.2) is 33.4 Å². The van der Waals surface area contributed by atoms with Gasteiger partial charge >= 0.3 is 0 Å². The van der Waals surface area contributed by atoms with Gasteiger partial charge in [0.25, 0.3) is 18.2 Å². The zero-order valence-electron chi connectivity index (χ0n) is 21.6. The number of pyridine rings is 1. The van der Waals surface area contributed by atoms with E-state index in [1.807, 2.05) is 0 Å². The second-order valence-corrected chi connectivity index (χ2v) is 10.1. The first-order valence-corrected chi connectivity index (χ1v) is 13.0. The number of amides is 2. The molecule has 0 radical (unpaired) electrons. The third-order valence-corrected chi connectivity index (χ3v) is 7.38. The van der Waals surface area contributed by atoms with Gasteiger partial charge in [0, 0.05) is 30.3 Å². The highest BCUT2D eigenvalue weighted by Gasteiger charge is 2.27. The number of nitrogens with zero attached hydrogens (tertiary/aromatic N) is 3. The predicted octanol–water partition coefficient (Wildman–Crippen LogP) is 5.19. The molecule has 1 aliphatic rings. The number of benzene rings is 1. The lowest BCUT2D eigenvalue weighted by Crippen LogP contribution is -2.16. The highest BCUT2D eigenvalue weighted by atomic mass is 32.1. The van der Waals surface area contributed by atoms with Crippen LogP contribution in [0.3, 0.4) is 0 Å². The van der Waals surface area contributed by atoms with E-state index in [2.05, 4.69) is 15.4 Å². The maximum Gasteiger partial charge on any atom is 0.291 e. The summed E-state index contributed by atoms with van der Waals surface area (Å²) in [6.07, 6.45) is -1.21. The van der Waals surface area contributed by atoms with Crippen LogP contribution in [0.1, 0.15) is 43.8 Å². The third-order valence-electron chi connectivity index (χ3n) is 6.28. The molecule has 1 aromatic carbocycles. The number of thiophene rings is 1. The van der Waals surface area contributed by atoms with Gasteiger partial charge < -0.3 is 29.7 Å². The summed E-state index contributed by atoms with van der Waals surface area (Å²) in [5.74, 6) is 0.440. The van der Waals surface area contributed by atoms with Gasteiger partial charge in [0.2, 0.25) is 6.79 Å². The summed E-state index contributed by atoms with van der Waals surface area (Å²) < 4.78 is 51.1. The zero-order valence-corrected chi connectivity index (χ0v) is 22.4. The molecule has 3 N–H and O–H groups in total. The average Bonchev–Trinajstić information content (AvgIpc) is 3.72. The van der Waals surface area contributed by atoms with E-state index in [1.165, 1.54) is 16.8 Å². The fraction of sp³-hybridized carbons (Fsp3) is 0.185. The lowest BCUT2D eigenvalue weighted by Gasteiger charge is -2.10. The van der Waals surface area contributed by atoms with Crippen molar-refractivity contribution >= 4 is 39.1 Å². The van der Waals surface area contributed by atoms with E-state index >= 15 is 0 Å². The molecule has 0 unspecified atom stereocenters. The van der Waals surface area contributed by atoms with E-state index in [0.717, 1.165) is 11.3 Å². The number of carbonyl (C=O) groups is 2. The maximum atomic E-state index is 13.8. The van der Waals surface area contributed by atoms with Gasteiger partial charge in [0.05, 0.1) is 11.4 Å². The largest absolute Gasteiger partial charge is 0.486 e. The Bertz CT molecular complexity index is 1830. The number of aromatic nitrogens is 3. The number of halogens is 2. The van der Waals surface area contributed by atoms with E-state index < -0.39 is 23.9 Å². The Morgan fingerprint density at radius 2 is 1.98 bits per heavy atom. The summed E-state index contributed by atoms with van der Waals surface area (Å²) in [6, 6.07) is 9.37. The summed E-state index contributed by atoms with van der Waals surface area (Å²) in [5, 5.41) is 7.27. The fourth-order valence-corrected chi connectivity index (χ4v) is 5.49. The summed E-state index contributed by atoms with van der Waals surface area (Å²) in [6.45, 7) is 1.88. The summed E-state index contributed by atoms with van der Waals surface area (Å²) in [4.78, 5) is 29.7. The molecule has 14 heteroatoms. The minimum Gasteiger partial charge on any atom is -0.486 e. The second kappa shape index (κ2) is 10.2. The van der Waals surface area contributed by atoms with Gasteiger partial charge in [0.15, 0.2) is 17.3 Å². The first-order valence-electron chi connectivity index (χ1n) is 12.2. The molecule has 0 saturated carbocycles. The number of nitrogens with one attached hydrogen (secondary N) is 1. The quantitative estimate of drug-likeness (QED) is 0.255. The van der Waals surface area contributed by atoms with E-state index in [-0.39, 0.29) is 39.9 Å². The van der Waals surface area contributed by atoms with Gasteiger partial charge in [-0.15, -0.1) is 11.3 Å². The molecule has 0 aliphatic carbocycles. The molecule has 0 spiro atoms. The first kappa shape index (κ1) is 26.3. The molecule has 5 heterocycles. The van der Waals surface area contributed by atoms with Gasteiger partial charge in [-0.25, -0.2) is 13.8 Å². The van der Waals surface area contributed by atoms with Crippen molar-refractivity contribution in [2.75, 3.05) is 12.1 Å². The molecule has 0 bridgehead atoms. The number of hydrogen-bond acceptors (Lipinski definition) is 9. The molecule has 2 amide bonds. The summed E-state index contributed by atoms with van der Waals surface area (Å²) >= 11 is 0.811. The standard InChI is InChI=1S/C27H21F2N5O6S/c1-12-16(9-34(2)33-12)15-8-17(24(28)29)31-27-21(15)22(23(41-27)25(30)35)32-26(36)19-6-4-14(40-19)10-37-13-3-5-18-20(7-13)39-11-38-18/h3-9,24H,10-11H2,1-2H3,(H2,30,35)(H,32,36). The van der Waals surface area contributed by atoms with Crippen molar-refractivity contribution in [2.45, 2.75) is 20.0 Å². The lowest BCUT2D eigenvalue weighted by molar-refractivity contribution is 0.0992. The van der Waals surface area contributed by atoms with Crippen molar-refractivity contribution in [1.29, 1.82) is 0 Å². The van der Waals surface area contributed by atoms with Crippen LogP contribution in [0.4, 0.5) is 14.5 Å². The van der Waals surface area contributed by atoms with Gasteiger partial charge in [-0.3, -0.25) is 14.3 Å². The monoisotopic (exact) mass is 581 g/mol. The van der Waals surface area contributed by atoms with Crippen LogP contribution in [0.2, 0.25) is 0 Å². The van der Waals surface area contributed by atoms with Crippen LogP contribution >= 0.6 is 11.3 Å². The van der Waals surface area contributed by atoms with Gasteiger partial charge in [0.1, 0.15) is 33.5 Å². The summed E-state index contributed by atoms with van der Waals surface area (Å²) in [7, 11) is 1.69. The van der Waals surface area contributed by atoms with E-state index in [9.17, 15) is 18.4 Å². The SMILES string of the molecule is Cc1nn(C)cc1-c1cc(C(F)F)nc2sc(C(N)=O)c(NC(=O)c3ccc(COc4ccc5c(c4)OCO5)o3)c12. The number of primary amides is 1. The van der Waals surface area contributed by atoms with Gasteiger partial charge in [-0.05, 0) is 42.8 Å². The molecular weight excluding hydrogens is 560 g/mol. The van der Waals surface area contributed by atoms with Gasteiger partial charge in [-0.2, -0.15) is 5.10 Å². The Labute approximate surface area is 234 Å². The second-order valence-electron chi connectivity index (χ2n) is 9.07. The topological polar surface area (TPSA) is 144 Å². The number of alkyl halides is 2. The smallest absolute Gasteiger partial charge is 0.291 e. The predicted molar refractivity (Wildman–Crippen MR) is 144 cm³/mol.